The van der Waals surface area contributed by atoms with Crippen molar-refractivity contribution in [3.63, 3.8) is 0 Å². The summed E-state index contributed by atoms with van der Waals surface area (Å²) in [6, 6.07) is 0.764. The van der Waals surface area contributed by atoms with Crippen LogP contribution in [0.4, 0.5) is 0 Å². The first kappa shape index (κ1) is 9.40. The number of nitrogens with two attached hydrogens (primary N) is 1. The van der Waals surface area contributed by atoms with Crippen molar-refractivity contribution in [1.29, 1.82) is 0 Å². The number of hydrogen-bond acceptors (Lipinski definition) is 2. The van der Waals surface area contributed by atoms with Crippen molar-refractivity contribution in [3.05, 3.63) is 17.7 Å². The summed E-state index contributed by atoms with van der Waals surface area (Å²) in [5.41, 5.74) is 6.79. The van der Waals surface area contributed by atoms with Crippen molar-refractivity contribution in [2.75, 3.05) is 6.54 Å². The molecule has 0 spiro atoms. The van der Waals surface area contributed by atoms with Gasteiger partial charge in [0, 0.05) is 24.6 Å². The highest BCUT2D eigenvalue weighted by molar-refractivity contribution is 5.14. The van der Waals surface area contributed by atoms with E-state index in [0.717, 1.165) is 18.4 Å². The lowest BCUT2D eigenvalue weighted by atomic mass is 9.85. The van der Waals surface area contributed by atoms with E-state index in [0.29, 0.717) is 6.54 Å². The van der Waals surface area contributed by atoms with Crippen molar-refractivity contribution < 1.29 is 0 Å². The number of nitrogens with zero attached hydrogens (tertiary/aromatic N) is 2. The fraction of sp³-hybridized carbons (Fsp3) is 0.750. The second-order valence-electron chi connectivity index (χ2n) is 4.90. The molecule has 2 N–H and O–H groups in total. The highest BCUT2D eigenvalue weighted by Gasteiger charge is 2.31. The predicted molar refractivity (Wildman–Crippen MR) is 59.8 cm³/mol. The third kappa shape index (κ3) is 1.69. The van der Waals surface area contributed by atoms with E-state index in [4.69, 9.17) is 10.7 Å². The average Bonchev–Trinajstić information content (AvgIpc) is 2.89. The third-order valence-corrected chi connectivity index (χ3v) is 3.62. The van der Waals surface area contributed by atoms with Gasteiger partial charge in [-0.25, -0.2) is 4.98 Å². The van der Waals surface area contributed by atoms with E-state index in [1.54, 1.807) is 0 Å². The fourth-order valence-corrected chi connectivity index (χ4v) is 2.34. The molecule has 2 aliphatic rings. The molecule has 2 aliphatic carbocycles. The minimum Gasteiger partial charge on any atom is -0.331 e. The summed E-state index contributed by atoms with van der Waals surface area (Å²) >= 11 is 0. The van der Waals surface area contributed by atoms with Crippen LogP contribution in [-0.2, 0) is 6.42 Å². The van der Waals surface area contributed by atoms with E-state index in [1.165, 1.54) is 43.6 Å². The molecule has 3 heteroatoms. The summed E-state index contributed by atoms with van der Waals surface area (Å²) in [4.78, 5) is 4.77. The zero-order valence-corrected chi connectivity index (χ0v) is 9.15. The van der Waals surface area contributed by atoms with Crippen molar-refractivity contribution in [1.82, 2.24) is 9.55 Å². The maximum atomic E-state index is 5.58. The Kier molecular flexibility index (Phi) is 2.28. The molecular weight excluding hydrogens is 186 g/mol. The molecule has 1 aromatic rings. The molecule has 3 nitrogen and oxygen atoms in total. The number of aromatic nitrogens is 2. The van der Waals surface area contributed by atoms with Gasteiger partial charge in [-0.05, 0) is 32.2 Å². The Hall–Kier alpha value is -0.830. The Labute approximate surface area is 90.7 Å². The van der Waals surface area contributed by atoms with E-state index >= 15 is 0 Å². The first-order chi connectivity index (χ1) is 7.38. The first-order valence-electron chi connectivity index (χ1n) is 6.16. The Bertz CT molecular complexity index is 348. The smallest absolute Gasteiger partial charge is 0.112 e. The largest absolute Gasteiger partial charge is 0.331 e. The van der Waals surface area contributed by atoms with Gasteiger partial charge in [-0.1, -0.05) is 6.42 Å². The molecule has 3 rings (SSSR count). The second kappa shape index (κ2) is 3.63. The van der Waals surface area contributed by atoms with Gasteiger partial charge in [0.2, 0.25) is 0 Å². The normalized spacial score (nSPS) is 21.7. The predicted octanol–water partition coefficient (Wildman–Crippen LogP) is 1.99. The summed E-state index contributed by atoms with van der Waals surface area (Å²) in [7, 11) is 0. The molecule has 0 aliphatic heterocycles. The van der Waals surface area contributed by atoms with Crippen molar-refractivity contribution >= 4 is 0 Å². The quantitative estimate of drug-likeness (QED) is 0.817. The summed E-state index contributed by atoms with van der Waals surface area (Å²) in [6.45, 7) is 0.714. The van der Waals surface area contributed by atoms with E-state index in [9.17, 15) is 0 Å². The molecule has 0 aromatic carbocycles. The summed E-state index contributed by atoms with van der Waals surface area (Å²) in [5.74, 6) is 2.10. The molecule has 0 radical (unpaired) electrons. The van der Waals surface area contributed by atoms with Crippen molar-refractivity contribution in [3.8, 4) is 0 Å². The average molecular weight is 205 g/mol. The molecule has 0 saturated heterocycles. The van der Waals surface area contributed by atoms with Gasteiger partial charge >= 0.3 is 0 Å². The van der Waals surface area contributed by atoms with Gasteiger partial charge in [-0.2, -0.15) is 0 Å². The van der Waals surface area contributed by atoms with Crippen LogP contribution in [0.1, 0.15) is 55.6 Å². The van der Waals surface area contributed by atoms with Crippen LogP contribution in [0.3, 0.4) is 0 Å². The number of hydrogen-bond donors (Lipinski definition) is 1. The molecule has 0 atom stereocenters. The molecule has 82 valence electrons. The van der Waals surface area contributed by atoms with Crippen LogP contribution in [0.25, 0.3) is 0 Å². The Morgan fingerprint density at radius 3 is 2.67 bits per heavy atom. The van der Waals surface area contributed by atoms with Crippen LogP contribution in [-0.4, -0.2) is 16.1 Å². The van der Waals surface area contributed by atoms with Gasteiger partial charge in [-0.3, -0.25) is 0 Å². The van der Waals surface area contributed by atoms with E-state index in [1.807, 2.05) is 0 Å². The van der Waals surface area contributed by atoms with Crippen LogP contribution in [0.2, 0.25) is 0 Å². The zero-order valence-electron chi connectivity index (χ0n) is 9.15. The Morgan fingerprint density at radius 2 is 2.13 bits per heavy atom. The molecule has 0 amide bonds. The van der Waals surface area contributed by atoms with Crippen LogP contribution in [0.15, 0.2) is 6.20 Å². The second-order valence-corrected chi connectivity index (χ2v) is 4.90. The number of rotatable bonds is 4. The third-order valence-electron chi connectivity index (χ3n) is 3.62. The standard InChI is InChI=1S/C12H19N3/c13-7-6-10-8-15(11-4-5-11)12(14-10)9-2-1-3-9/h8-9,11H,1-7,13H2. The maximum Gasteiger partial charge on any atom is 0.112 e. The molecule has 1 heterocycles. The van der Waals surface area contributed by atoms with Crippen LogP contribution >= 0.6 is 0 Å². The summed E-state index contributed by atoms with van der Waals surface area (Å²) < 4.78 is 2.44. The van der Waals surface area contributed by atoms with Gasteiger partial charge in [0.1, 0.15) is 5.82 Å². The molecule has 1 aromatic heterocycles. The van der Waals surface area contributed by atoms with Gasteiger partial charge in [0.05, 0.1) is 5.69 Å². The SMILES string of the molecule is NCCc1cn(C2CC2)c(C2CCC2)n1. The highest BCUT2D eigenvalue weighted by atomic mass is 15.1. The minimum absolute atomic E-state index is 0.714. The number of imidazole rings is 1. The topological polar surface area (TPSA) is 43.8 Å². The van der Waals surface area contributed by atoms with E-state index in [-0.39, 0.29) is 0 Å². The van der Waals surface area contributed by atoms with Gasteiger partial charge < -0.3 is 10.3 Å². The van der Waals surface area contributed by atoms with E-state index < -0.39 is 0 Å². The van der Waals surface area contributed by atoms with Gasteiger partial charge in [-0.15, -0.1) is 0 Å². The lowest BCUT2D eigenvalue weighted by Gasteiger charge is -2.25. The van der Waals surface area contributed by atoms with Gasteiger partial charge in [0.25, 0.3) is 0 Å². The Morgan fingerprint density at radius 1 is 1.33 bits per heavy atom. The summed E-state index contributed by atoms with van der Waals surface area (Å²) in [6.07, 6.45) is 9.93. The van der Waals surface area contributed by atoms with Crippen molar-refractivity contribution in [2.24, 2.45) is 5.73 Å². The molecule has 0 unspecified atom stereocenters. The minimum atomic E-state index is 0.714. The molecule has 2 saturated carbocycles. The lowest BCUT2D eigenvalue weighted by Crippen LogP contribution is -2.14. The summed E-state index contributed by atoms with van der Waals surface area (Å²) in [5, 5.41) is 0. The fourth-order valence-electron chi connectivity index (χ4n) is 2.34. The monoisotopic (exact) mass is 205 g/mol. The molecule has 0 bridgehead atoms. The molecular formula is C12H19N3. The highest BCUT2D eigenvalue weighted by Crippen LogP contribution is 2.42. The molecule has 15 heavy (non-hydrogen) atoms. The Balaban J connectivity index is 1.87. The van der Waals surface area contributed by atoms with Crippen LogP contribution < -0.4 is 5.73 Å². The van der Waals surface area contributed by atoms with Crippen LogP contribution in [0, 0.1) is 0 Å². The lowest BCUT2D eigenvalue weighted by molar-refractivity contribution is 0.387. The van der Waals surface area contributed by atoms with E-state index in [2.05, 4.69) is 10.8 Å². The molecule has 2 fully saturated rings. The van der Waals surface area contributed by atoms with Crippen molar-refractivity contribution in [2.45, 2.75) is 50.5 Å². The zero-order chi connectivity index (χ0) is 10.3. The maximum absolute atomic E-state index is 5.58. The van der Waals surface area contributed by atoms with Crippen LogP contribution in [0.5, 0.6) is 0 Å². The van der Waals surface area contributed by atoms with Gasteiger partial charge in [0.15, 0.2) is 0 Å². The first-order valence-corrected chi connectivity index (χ1v) is 6.16.